The van der Waals surface area contributed by atoms with Crippen molar-refractivity contribution in [2.24, 2.45) is 5.92 Å². The van der Waals surface area contributed by atoms with Crippen LogP contribution in [0.2, 0.25) is 0 Å². The molecule has 102 valence electrons. The zero-order valence-corrected chi connectivity index (χ0v) is 11.8. The molecule has 0 aromatic rings. The van der Waals surface area contributed by atoms with E-state index in [0.29, 0.717) is 30.0 Å². The van der Waals surface area contributed by atoms with Gasteiger partial charge < -0.3 is 10.6 Å². The summed E-state index contributed by atoms with van der Waals surface area (Å²) in [4.78, 5) is 12.1. The van der Waals surface area contributed by atoms with E-state index in [4.69, 9.17) is 0 Å². The van der Waals surface area contributed by atoms with Gasteiger partial charge in [-0.3, -0.25) is 4.79 Å². The fraction of sp³-hybridized carbons (Fsp3) is 0.929. The monoisotopic (exact) mass is 268 g/mol. The quantitative estimate of drug-likeness (QED) is 0.821. The number of thioether (sulfide) groups is 1. The van der Waals surface area contributed by atoms with E-state index in [1.54, 1.807) is 0 Å². The van der Waals surface area contributed by atoms with E-state index >= 15 is 0 Å². The molecule has 1 amide bonds. The third-order valence-electron chi connectivity index (χ3n) is 4.63. The summed E-state index contributed by atoms with van der Waals surface area (Å²) >= 11 is 2.01. The molecule has 3 heterocycles. The summed E-state index contributed by atoms with van der Waals surface area (Å²) < 4.78 is 0. The summed E-state index contributed by atoms with van der Waals surface area (Å²) in [6, 6.07) is 1.86. The number of fused-ring (bicyclic) bond motifs is 2. The molecule has 0 radical (unpaired) electrons. The molecule has 2 bridgehead atoms. The van der Waals surface area contributed by atoms with Crippen LogP contribution in [0.15, 0.2) is 0 Å². The number of carbonyl (C=O) groups is 1. The fourth-order valence-corrected chi connectivity index (χ4v) is 4.84. The van der Waals surface area contributed by atoms with Crippen molar-refractivity contribution in [1.29, 1.82) is 0 Å². The molecule has 3 rings (SSSR count). The van der Waals surface area contributed by atoms with E-state index in [-0.39, 0.29) is 0 Å². The van der Waals surface area contributed by atoms with Gasteiger partial charge in [0, 0.05) is 24.5 Å². The first-order valence-electron chi connectivity index (χ1n) is 7.43. The van der Waals surface area contributed by atoms with Crippen LogP contribution in [0.4, 0.5) is 0 Å². The largest absolute Gasteiger partial charge is 0.353 e. The predicted octanol–water partition coefficient (Wildman–Crippen LogP) is 1.92. The van der Waals surface area contributed by atoms with Crippen LogP contribution in [0.3, 0.4) is 0 Å². The Morgan fingerprint density at radius 2 is 1.78 bits per heavy atom. The van der Waals surface area contributed by atoms with Gasteiger partial charge in [-0.15, -0.1) is 0 Å². The Bertz CT molecular complexity index is 292. The first kappa shape index (κ1) is 12.8. The molecule has 0 aliphatic carbocycles. The lowest BCUT2D eigenvalue weighted by Gasteiger charge is -2.29. The molecule has 0 aromatic carbocycles. The topological polar surface area (TPSA) is 41.1 Å². The molecular weight excluding hydrogens is 244 g/mol. The number of hydrogen-bond donors (Lipinski definition) is 2. The van der Waals surface area contributed by atoms with Gasteiger partial charge in [-0.25, -0.2) is 0 Å². The summed E-state index contributed by atoms with van der Waals surface area (Å²) in [7, 11) is 0. The van der Waals surface area contributed by atoms with E-state index in [1.807, 2.05) is 11.8 Å². The van der Waals surface area contributed by atoms with Crippen LogP contribution in [0.1, 0.15) is 44.9 Å². The van der Waals surface area contributed by atoms with E-state index in [1.165, 1.54) is 37.2 Å². The van der Waals surface area contributed by atoms with Crippen LogP contribution >= 0.6 is 11.8 Å². The third kappa shape index (κ3) is 3.21. The number of carbonyl (C=O) groups excluding carboxylic acids is 1. The molecule has 3 aliphatic rings. The SMILES string of the molecule is O=C(CC1CC2CCC(C1)N2)NC1CCSCC1. The highest BCUT2D eigenvalue weighted by molar-refractivity contribution is 7.99. The number of hydrogen-bond acceptors (Lipinski definition) is 3. The highest BCUT2D eigenvalue weighted by atomic mass is 32.2. The Balaban J connectivity index is 1.43. The van der Waals surface area contributed by atoms with E-state index < -0.39 is 0 Å². The standard InChI is InChI=1S/C14H24N2OS/c17-14(16-11-3-5-18-6-4-11)9-10-7-12-1-2-13(8-10)15-12/h10-13,15H,1-9H2,(H,16,17). The van der Waals surface area contributed by atoms with Crippen LogP contribution in [0, 0.1) is 5.92 Å². The number of amides is 1. The summed E-state index contributed by atoms with van der Waals surface area (Å²) in [5.74, 6) is 3.35. The van der Waals surface area contributed by atoms with Gasteiger partial charge in [0.15, 0.2) is 0 Å². The molecule has 2 atom stereocenters. The van der Waals surface area contributed by atoms with Gasteiger partial charge in [-0.1, -0.05) is 0 Å². The molecule has 18 heavy (non-hydrogen) atoms. The molecule has 0 saturated carbocycles. The van der Waals surface area contributed by atoms with Crippen molar-refractivity contribution in [2.45, 2.75) is 63.1 Å². The average Bonchev–Trinajstić information content (AvgIpc) is 2.70. The predicted molar refractivity (Wildman–Crippen MR) is 75.8 cm³/mol. The Morgan fingerprint density at radius 1 is 1.11 bits per heavy atom. The summed E-state index contributed by atoms with van der Waals surface area (Å²) in [5.41, 5.74) is 0. The second-order valence-electron chi connectivity index (χ2n) is 6.13. The lowest BCUT2D eigenvalue weighted by molar-refractivity contribution is -0.123. The van der Waals surface area contributed by atoms with E-state index in [2.05, 4.69) is 10.6 Å². The van der Waals surface area contributed by atoms with Crippen molar-refractivity contribution in [3.63, 3.8) is 0 Å². The molecule has 0 spiro atoms. The van der Waals surface area contributed by atoms with Gasteiger partial charge >= 0.3 is 0 Å². The van der Waals surface area contributed by atoms with Crippen LogP contribution in [0.25, 0.3) is 0 Å². The molecule has 3 nitrogen and oxygen atoms in total. The van der Waals surface area contributed by atoms with Crippen LogP contribution in [0.5, 0.6) is 0 Å². The van der Waals surface area contributed by atoms with Crippen molar-refractivity contribution in [3.8, 4) is 0 Å². The average molecular weight is 268 g/mol. The molecule has 4 heteroatoms. The van der Waals surface area contributed by atoms with Crippen molar-refractivity contribution < 1.29 is 4.79 Å². The van der Waals surface area contributed by atoms with Crippen LogP contribution in [-0.4, -0.2) is 35.5 Å². The molecule has 2 N–H and O–H groups in total. The molecule has 3 saturated heterocycles. The minimum atomic E-state index is 0.304. The lowest BCUT2D eigenvalue weighted by Crippen LogP contribution is -2.42. The summed E-state index contributed by atoms with van der Waals surface area (Å²) in [5, 5.41) is 6.88. The highest BCUT2D eigenvalue weighted by Gasteiger charge is 2.34. The first-order valence-corrected chi connectivity index (χ1v) is 8.58. The smallest absolute Gasteiger partial charge is 0.220 e. The van der Waals surface area contributed by atoms with Gasteiger partial charge in [-0.05, 0) is 55.9 Å². The van der Waals surface area contributed by atoms with E-state index in [0.717, 1.165) is 19.3 Å². The normalized spacial score (nSPS) is 36.6. The second-order valence-corrected chi connectivity index (χ2v) is 7.36. The zero-order chi connectivity index (χ0) is 12.4. The Kier molecular flexibility index (Phi) is 4.14. The summed E-state index contributed by atoms with van der Waals surface area (Å²) in [6.45, 7) is 0. The van der Waals surface area contributed by atoms with E-state index in [9.17, 15) is 4.79 Å². The minimum Gasteiger partial charge on any atom is -0.353 e. The zero-order valence-electron chi connectivity index (χ0n) is 11.0. The van der Waals surface area contributed by atoms with Gasteiger partial charge in [0.05, 0.1) is 0 Å². The maximum Gasteiger partial charge on any atom is 0.220 e. The summed E-state index contributed by atoms with van der Waals surface area (Å²) in [6.07, 6.45) is 8.15. The van der Waals surface area contributed by atoms with Crippen molar-refractivity contribution in [2.75, 3.05) is 11.5 Å². The molecule has 2 unspecified atom stereocenters. The molecule has 3 aliphatic heterocycles. The fourth-order valence-electron chi connectivity index (χ4n) is 3.73. The van der Waals surface area contributed by atoms with Crippen LogP contribution < -0.4 is 10.6 Å². The number of nitrogens with one attached hydrogen (secondary N) is 2. The van der Waals surface area contributed by atoms with Gasteiger partial charge in [-0.2, -0.15) is 11.8 Å². The van der Waals surface area contributed by atoms with Crippen molar-refractivity contribution in [3.05, 3.63) is 0 Å². The number of piperidine rings is 1. The van der Waals surface area contributed by atoms with Gasteiger partial charge in [0.2, 0.25) is 5.91 Å². The Morgan fingerprint density at radius 3 is 2.44 bits per heavy atom. The second kappa shape index (κ2) is 5.83. The molecule has 0 aromatic heterocycles. The van der Waals surface area contributed by atoms with Gasteiger partial charge in [0.1, 0.15) is 0 Å². The Labute approximate surface area is 114 Å². The first-order chi connectivity index (χ1) is 8.79. The maximum absolute atomic E-state index is 12.1. The maximum atomic E-state index is 12.1. The molecular formula is C14H24N2OS. The third-order valence-corrected chi connectivity index (χ3v) is 5.68. The minimum absolute atomic E-state index is 0.304. The highest BCUT2D eigenvalue weighted by Crippen LogP contribution is 2.32. The van der Waals surface area contributed by atoms with Crippen LogP contribution in [-0.2, 0) is 4.79 Å². The van der Waals surface area contributed by atoms with Gasteiger partial charge in [0.25, 0.3) is 0 Å². The van der Waals surface area contributed by atoms with Crippen molar-refractivity contribution >= 4 is 17.7 Å². The number of rotatable bonds is 3. The Hall–Kier alpha value is -0.220. The lowest BCUT2D eigenvalue weighted by atomic mass is 9.89. The van der Waals surface area contributed by atoms with Crippen molar-refractivity contribution in [1.82, 2.24) is 10.6 Å². The molecule has 3 fully saturated rings.